The van der Waals surface area contributed by atoms with Gasteiger partial charge in [0.25, 0.3) is 5.91 Å². The fourth-order valence-electron chi connectivity index (χ4n) is 2.27. The number of aliphatic hydroxyl groups is 1. The molecule has 1 saturated heterocycles. The largest absolute Gasteiger partial charge is 0.497 e. The van der Waals surface area contributed by atoms with Gasteiger partial charge < -0.3 is 19.5 Å². The number of methoxy groups -OCH3 is 2. The molecule has 2 rings (SSSR count). The second kappa shape index (κ2) is 5.32. The molecule has 0 aliphatic carbocycles. The first kappa shape index (κ1) is 14.7. The number of benzene rings is 1. The molecule has 0 atom stereocenters. The average Bonchev–Trinajstić information content (AvgIpc) is 2.42. The number of hydrogen-bond acceptors (Lipinski definition) is 4. The zero-order valence-corrected chi connectivity index (χ0v) is 12.3. The van der Waals surface area contributed by atoms with Crippen molar-refractivity contribution in [3.8, 4) is 11.5 Å². The Balaban J connectivity index is 2.18. The molecule has 1 aromatic rings. The van der Waals surface area contributed by atoms with Crippen LogP contribution in [0.25, 0.3) is 0 Å². The highest BCUT2D eigenvalue weighted by molar-refractivity contribution is 5.98. The van der Waals surface area contributed by atoms with Gasteiger partial charge in [0.2, 0.25) is 0 Å². The third-order valence-corrected chi connectivity index (χ3v) is 3.93. The lowest BCUT2D eigenvalue weighted by Crippen LogP contribution is -2.65. The van der Waals surface area contributed by atoms with E-state index in [1.165, 1.54) is 7.11 Å². The van der Waals surface area contributed by atoms with E-state index in [9.17, 15) is 9.90 Å². The van der Waals surface area contributed by atoms with E-state index in [1.54, 1.807) is 30.2 Å². The minimum Gasteiger partial charge on any atom is -0.497 e. The van der Waals surface area contributed by atoms with Crippen molar-refractivity contribution in [1.29, 1.82) is 0 Å². The number of carbonyl (C=O) groups is 1. The standard InChI is InChI=1S/C15H21NO4/c1-10(2)15(18)8-16(9-15)14(17)12-7-11(19-3)5-6-13(12)20-4/h5-7,10,18H,8-9H2,1-4H3. The Bertz CT molecular complexity index is 507. The summed E-state index contributed by atoms with van der Waals surface area (Å²) in [4.78, 5) is 14.1. The highest BCUT2D eigenvalue weighted by Gasteiger charge is 2.46. The number of nitrogens with zero attached hydrogens (tertiary/aromatic N) is 1. The quantitative estimate of drug-likeness (QED) is 0.908. The van der Waals surface area contributed by atoms with Crippen molar-refractivity contribution in [2.75, 3.05) is 27.3 Å². The van der Waals surface area contributed by atoms with Gasteiger partial charge in [-0.05, 0) is 24.1 Å². The second-order valence-electron chi connectivity index (χ2n) is 5.49. The first-order chi connectivity index (χ1) is 9.41. The third kappa shape index (κ3) is 2.45. The van der Waals surface area contributed by atoms with Crippen LogP contribution in [0.4, 0.5) is 0 Å². The maximum Gasteiger partial charge on any atom is 0.257 e. The number of likely N-dealkylation sites (tertiary alicyclic amines) is 1. The van der Waals surface area contributed by atoms with Crippen molar-refractivity contribution in [2.45, 2.75) is 19.4 Å². The van der Waals surface area contributed by atoms with Crippen LogP contribution in [0.15, 0.2) is 18.2 Å². The molecular weight excluding hydrogens is 258 g/mol. The zero-order chi connectivity index (χ0) is 14.9. The lowest BCUT2D eigenvalue weighted by atomic mass is 9.82. The lowest BCUT2D eigenvalue weighted by Gasteiger charge is -2.49. The van der Waals surface area contributed by atoms with Gasteiger partial charge >= 0.3 is 0 Å². The van der Waals surface area contributed by atoms with Crippen LogP contribution in [0.3, 0.4) is 0 Å². The second-order valence-corrected chi connectivity index (χ2v) is 5.49. The van der Waals surface area contributed by atoms with Crippen LogP contribution < -0.4 is 9.47 Å². The maximum absolute atomic E-state index is 12.5. The van der Waals surface area contributed by atoms with Crippen molar-refractivity contribution in [2.24, 2.45) is 5.92 Å². The van der Waals surface area contributed by atoms with Crippen LogP contribution in [-0.4, -0.2) is 48.8 Å². The highest BCUT2D eigenvalue weighted by Crippen LogP contribution is 2.32. The molecule has 1 aromatic carbocycles. The number of amides is 1. The SMILES string of the molecule is COc1ccc(OC)c(C(=O)N2CC(O)(C(C)C)C2)c1. The van der Waals surface area contributed by atoms with E-state index >= 15 is 0 Å². The fraction of sp³-hybridized carbons (Fsp3) is 0.533. The number of rotatable bonds is 4. The summed E-state index contributed by atoms with van der Waals surface area (Å²) in [7, 11) is 3.08. The molecule has 5 heteroatoms. The number of ether oxygens (including phenoxy) is 2. The monoisotopic (exact) mass is 279 g/mol. The molecule has 20 heavy (non-hydrogen) atoms. The molecule has 1 N–H and O–H groups in total. The molecule has 1 heterocycles. The zero-order valence-electron chi connectivity index (χ0n) is 12.3. The first-order valence-corrected chi connectivity index (χ1v) is 6.65. The van der Waals surface area contributed by atoms with Crippen LogP contribution >= 0.6 is 0 Å². The number of carbonyl (C=O) groups excluding carboxylic acids is 1. The molecule has 5 nitrogen and oxygen atoms in total. The van der Waals surface area contributed by atoms with Crippen molar-refractivity contribution < 1.29 is 19.4 Å². The topological polar surface area (TPSA) is 59.0 Å². The molecule has 110 valence electrons. The van der Waals surface area contributed by atoms with Crippen LogP contribution in [0, 0.1) is 5.92 Å². The Morgan fingerprint density at radius 3 is 2.45 bits per heavy atom. The van der Waals surface area contributed by atoms with Gasteiger partial charge in [0, 0.05) is 0 Å². The normalized spacial score (nSPS) is 16.8. The Labute approximate surface area is 119 Å². The van der Waals surface area contributed by atoms with E-state index < -0.39 is 5.60 Å². The molecule has 0 radical (unpaired) electrons. The van der Waals surface area contributed by atoms with E-state index in [-0.39, 0.29) is 11.8 Å². The Morgan fingerprint density at radius 2 is 1.95 bits per heavy atom. The van der Waals surface area contributed by atoms with E-state index in [4.69, 9.17) is 9.47 Å². The molecule has 0 spiro atoms. The summed E-state index contributed by atoms with van der Waals surface area (Å²) in [6.45, 7) is 4.61. The van der Waals surface area contributed by atoms with E-state index in [1.807, 2.05) is 13.8 Å². The Morgan fingerprint density at radius 1 is 1.30 bits per heavy atom. The highest BCUT2D eigenvalue weighted by atomic mass is 16.5. The summed E-state index contributed by atoms with van der Waals surface area (Å²) in [5, 5.41) is 10.2. The van der Waals surface area contributed by atoms with Gasteiger partial charge in [-0.3, -0.25) is 4.79 Å². The van der Waals surface area contributed by atoms with Crippen LogP contribution in [-0.2, 0) is 0 Å². The Hall–Kier alpha value is -1.75. The average molecular weight is 279 g/mol. The fourth-order valence-corrected chi connectivity index (χ4v) is 2.27. The van der Waals surface area contributed by atoms with Crippen molar-refractivity contribution in [1.82, 2.24) is 4.90 Å². The van der Waals surface area contributed by atoms with E-state index in [0.29, 0.717) is 30.2 Å². The number of hydrogen-bond donors (Lipinski definition) is 1. The van der Waals surface area contributed by atoms with Crippen LogP contribution in [0.1, 0.15) is 24.2 Å². The smallest absolute Gasteiger partial charge is 0.257 e. The van der Waals surface area contributed by atoms with Gasteiger partial charge in [-0.25, -0.2) is 0 Å². The lowest BCUT2D eigenvalue weighted by molar-refractivity contribution is -0.110. The summed E-state index contributed by atoms with van der Waals surface area (Å²) in [5.41, 5.74) is -0.320. The molecule has 0 bridgehead atoms. The molecule has 0 aromatic heterocycles. The third-order valence-electron chi connectivity index (χ3n) is 3.93. The maximum atomic E-state index is 12.5. The molecule has 1 fully saturated rings. The summed E-state index contributed by atoms with van der Waals surface area (Å²) < 4.78 is 10.4. The summed E-state index contributed by atoms with van der Waals surface area (Å²) in [6, 6.07) is 5.12. The minimum absolute atomic E-state index is 0.124. The molecule has 0 saturated carbocycles. The van der Waals surface area contributed by atoms with Gasteiger partial charge in [-0.15, -0.1) is 0 Å². The van der Waals surface area contributed by atoms with Crippen LogP contribution in [0.5, 0.6) is 11.5 Å². The number of β-amino-alcohol motifs (C(OH)–C–C–N with tert-alkyl or cyclic N) is 1. The van der Waals surface area contributed by atoms with Gasteiger partial charge in [0.1, 0.15) is 17.1 Å². The van der Waals surface area contributed by atoms with Gasteiger partial charge in [0.05, 0.1) is 32.9 Å². The molecule has 1 aliphatic heterocycles. The molecular formula is C15H21NO4. The predicted octanol–water partition coefficient (Wildman–Crippen LogP) is 1.55. The van der Waals surface area contributed by atoms with Gasteiger partial charge in [-0.2, -0.15) is 0 Å². The van der Waals surface area contributed by atoms with E-state index in [0.717, 1.165) is 0 Å². The van der Waals surface area contributed by atoms with Gasteiger partial charge in [-0.1, -0.05) is 13.8 Å². The predicted molar refractivity (Wildman–Crippen MR) is 75.2 cm³/mol. The molecule has 1 amide bonds. The summed E-state index contributed by atoms with van der Waals surface area (Å²) in [5.74, 6) is 1.09. The first-order valence-electron chi connectivity index (χ1n) is 6.65. The minimum atomic E-state index is -0.776. The molecule has 1 aliphatic rings. The summed E-state index contributed by atoms with van der Waals surface area (Å²) in [6.07, 6.45) is 0. The van der Waals surface area contributed by atoms with Crippen molar-refractivity contribution >= 4 is 5.91 Å². The van der Waals surface area contributed by atoms with Crippen molar-refractivity contribution in [3.05, 3.63) is 23.8 Å². The molecule has 0 unspecified atom stereocenters. The van der Waals surface area contributed by atoms with Gasteiger partial charge in [0.15, 0.2) is 0 Å². The Kier molecular flexibility index (Phi) is 3.90. The van der Waals surface area contributed by atoms with E-state index in [2.05, 4.69) is 0 Å². The van der Waals surface area contributed by atoms with Crippen LogP contribution in [0.2, 0.25) is 0 Å². The van der Waals surface area contributed by atoms with Crippen molar-refractivity contribution in [3.63, 3.8) is 0 Å². The summed E-state index contributed by atoms with van der Waals surface area (Å²) >= 11 is 0.